The first kappa shape index (κ1) is 12.1. The van der Waals surface area contributed by atoms with Crippen LogP contribution >= 0.6 is 0 Å². The van der Waals surface area contributed by atoms with Crippen molar-refractivity contribution in [2.75, 3.05) is 0 Å². The van der Waals surface area contributed by atoms with Crippen LogP contribution in [-0.2, 0) is 10.2 Å². The molecule has 0 radical (unpaired) electrons. The highest BCUT2D eigenvalue weighted by Crippen LogP contribution is 2.05. The van der Waals surface area contributed by atoms with Crippen molar-refractivity contribution in [3.8, 4) is 0 Å². The van der Waals surface area contributed by atoms with Crippen LogP contribution in [0, 0.1) is 0 Å². The number of rotatable bonds is 5. The van der Waals surface area contributed by atoms with E-state index < -0.39 is 16.3 Å². The molecule has 0 saturated carbocycles. The maximum absolute atomic E-state index is 11.5. The molecular weight excluding hydrogens is 218 g/mol. The second-order valence-electron chi connectivity index (χ2n) is 3.49. The van der Waals surface area contributed by atoms with Crippen LogP contribution in [0.1, 0.15) is 32.6 Å². The van der Waals surface area contributed by atoms with E-state index in [2.05, 4.69) is 24.6 Å². The van der Waals surface area contributed by atoms with E-state index in [1.807, 2.05) is 0 Å². The standard InChI is InChI=1S/C7H15N5O2S/c1-5(2)11-15(13,14)12-6(3)7-8-4-9-10-7/h4-6,11-12H,1-3H3,(H,8,9,10). The summed E-state index contributed by atoms with van der Waals surface area (Å²) in [5, 5.41) is 6.24. The molecule has 0 spiro atoms. The average molecular weight is 233 g/mol. The van der Waals surface area contributed by atoms with Gasteiger partial charge in [0.05, 0.1) is 6.04 Å². The van der Waals surface area contributed by atoms with E-state index in [0.717, 1.165) is 0 Å². The Bertz CT molecular complexity index is 386. The Morgan fingerprint density at radius 1 is 1.33 bits per heavy atom. The largest absolute Gasteiger partial charge is 0.277 e. The van der Waals surface area contributed by atoms with Gasteiger partial charge in [-0.1, -0.05) is 0 Å². The summed E-state index contributed by atoms with van der Waals surface area (Å²) in [6.45, 7) is 5.18. The Kier molecular flexibility index (Phi) is 3.77. The van der Waals surface area contributed by atoms with Crippen molar-refractivity contribution >= 4 is 10.2 Å². The van der Waals surface area contributed by atoms with Crippen molar-refractivity contribution in [3.63, 3.8) is 0 Å². The first-order chi connectivity index (χ1) is 6.91. The zero-order valence-corrected chi connectivity index (χ0v) is 9.67. The topological polar surface area (TPSA) is 99.8 Å². The Morgan fingerprint density at radius 2 is 2.00 bits per heavy atom. The van der Waals surface area contributed by atoms with Gasteiger partial charge in [0.2, 0.25) is 0 Å². The van der Waals surface area contributed by atoms with Gasteiger partial charge < -0.3 is 0 Å². The molecular formula is C7H15N5O2S. The van der Waals surface area contributed by atoms with Gasteiger partial charge >= 0.3 is 0 Å². The number of nitrogens with one attached hydrogen (secondary N) is 3. The van der Waals surface area contributed by atoms with Gasteiger partial charge in [0.1, 0.15) is 12.2 Å². The van der Waals surface area contributed by atoms with Crippen molar-refractivity contribution in [3.05, 3.63) is 12.2 Å². The summed E-state index contributed by atoms with van der Waals surface area (Å²) in [5.41, 5.74) is 0. The SMILES string of the molecule is CC(C)NS(=O)(=O)NC(C)c1ncn[nH]1. The van der Waals surface area contributed by atoms with E-state index in [1.165, 1.54) is 6.33 Å². The smallest absolute Gasteiger partial charge is 0.262 e. The van der Waals surface area contributed by atoms with E-state index in [0.29, 0.717) is 5.82 Å². The van der Waals surface area contributed by atoms with Crippen LogP contribution in [0.15, 0.2) is 6.33 Å². The molecule has 86 valence electrons. The average Bonchev–Trinajstić information content (AvgIpc) is 2.50. The summed E-state index contributed by atoms with van der Waals surface area (Å²) in [6.07, 6.45) is 1.33. The van der Waals surface area contributed by atoms with Crippen LogP contribution in [0.5, 0.6) is 0 Å². The molecule has 3 N–H and O–H groups in total. The molecule has 7 nitrogen and oxygen atoms in total. The number of nitrogens with zero attached hydrogens (tertiary/aromatic N) is 2. The van der Waals surface area contributed by atoms with E-state index in [1.54, 1.807) is 20.8 Å². The highest BCUT2D eigenvalue weighted by atomic mass is 32.2. The van der Waals surface area contributed by atoms with Crippen LogP contribution < -0.4 is 9.44 Å². The molecule has 1 unspecified atom stereocenters. The number of hydrogen-bond donors (Lipinski definition) is 3. The normalized spacial score (nSPS) is 14.4. The van der Waals surface area contributed by atoms with Crippen LogP contribution in [-0.4, -0.2) is 29.6 Å². The molecule has 0 aliphatic carbocycles. The molecule has 0 fully saturated rings. The maximum Gasteiger partial charge on any atom is 0.277 e. The molecule has 1 heterocycles. The lowest BCUT2D eigenvalue weighted by Gasteiger charge is -2.14. The maximum atomic E-state index is 11.5. The Labute approximate surface area is 88.9 Å². The first-order valence-corrected chi connectivity index (χ1v) is 6.04. The molecule has 0 aliphatic heterocycles. The summed E-state index contributed by atoms with van der Waals surface area (Å²) in [6, 6.07) is -0.590. The van der Waals surface area contributed by atoms with Crippen molar-refractivity contribution in [2.24, 2.45) is 0 Å². The molecule has 8 heteroatoms. The van der Waals surface area contributed by atoms with E-state index in [9.17, 15) is 8.42 Å². The summed E-state index contributed by atoms with van der Waals surface area (Å²) < 4.78 is 27.8. The molecule has 15 heavy (non-hydrogen) atoms. The summed E-state index contributed by atoms with van der Waals surface area (Å²) in [4.78, 5) is 3.86. The summed E-state index contributed by atoms with van der Waals surface area (Å²) in [5.74, 6) is 0.476. The highest BCUT2D eigenvalue weighted by Gasteiger charge is 2.17. The monoisotopic (exact) mass is 233 g/mol. The van der Waals surface area contributed by atoms with Crippen LogP contribution in [0.3, 0.4) is 0 Å². The second-order valence-corrected chi connectivity index (χ2v) is 4.96. The van der Waals surface area contributed by atoms with Crippen molar-refractivity contribution in [2.45, 2.75) is 32.9 Å². The highest BCUT2D eigenvalue weighted by molar-refractivity contribution is 7.87. The minimum atomic E-state index is -3.49. The quantitative estimate of drug-likeness (QED) is 0.650. The van der Waals surface area contributed by atoms with Crippen LogP contribution in [0.2, 0.25) is 0 Å². The molecule has 0 aliphatic rings. The molecule has 0 aromatic carbocycles. The van der Waals surface area contributed by atoms with Gasteiger partial charge in [0.25, 0.3) is 10.2 Å². The molecule has 1 rings (SSSR count). The van der Waals surface area contributed by atoms with Gasteiger partial charge in [0, 0.05) is 6.04 Å². The third-order valence-electron chi connectivity index (χ3n) is 1.57. The summed E-state index contributed by atoms with van der Waals surface area (Å²) in [7, 11) is -3.49. The van der Waals surface area contributed by atoms with Gasteiger partial charge in [-0.15, -0.1) is 0 Å². The fraction of sp³-hybridized carbons (Fsp3) is 0.714. The molecule has 1 atom stereocenters. The summed E-state index contributed by atoms with van der Waals surface area (Å²) >= 11 is 0. The third kappa shape index (κ3) is 3.94. The van der Waals surface area contributed by atoms with Gasteiger partial charge in [-0.25, -0.2) is 4.98 Å². The third-order valence-corrected chi connectivity index (χ3v) is 3.01. The number of hydrogen-bond acceptors (Lipinski definition) is 4. The van der Waals surface area contributed by atoms with Crippen LogP contribution in [0.4, 0.5) is 0 Å². The fourth-order valence-electron chi connectivity index (χ4n) is 1.06. The predicted molar refractivity (Wildman–Crippen MR) is 55.1 cm³/mol. The Balaban J connectivity index is 2.62. The van der Waals surface area contributed by atoms with E-state index in [4.69, 9.17) is 0 Å². The Hall–Kier alpha value is -0.990. The van der Waals surface area contributed by atoms with Crippen LogP contribution in [0.25, 0.3) is 0 Å². The number of aromatic nitrogens is 3. The number of aromatic amines is 1. The molecule has 0 amide bonds. The van der Waals surface area contributed by atoms with E-state index >= 15 is 0 Å². The molecule has 0 bridgehead atoms. The zero-order valence-electron chi connectivity index (χ0n) is 8.85. The van der Waals surface area contributed by atoms with E-state index in [-0.39, 0.29) is 6.04 Å². The zero-order chi connectivity index (χ0) is 11.5. The molecule has 0 saturated heterocycles. The van der Waals surface area contributed by atoms with Gasteiger partial charge in [0.15, 0.2) is 0 Å². The predicted octanol–water partition coefficient (Wildman–Crippen LogP) is -0.302. The van der Waals surface area contributed by atoms with Crippen molar-refractivity contribution in [1.29, 1.82) is 0 Å². The minimum Gasteiger partial charge on any atom is -0.262 e. The van der Waals surface area contributed by atoms with Gasteiger partial charge in [-0.2, -0.15) is 23.0 Å². The second kappa shape index (κ2) is 4.69. The lowest BCUT2D eigenvalue weighted by atomic mass is 10.3. The van der Waals surface area contributed by atoms with Crippen molar-refractivity contribution < 1.29 is 8.42 Å². The lowest BCUT2D eigenvalue weighted by molar-refractivity contribution is 0.536. The van der Waals surface area contributed by atoms with Gasteiger partial charge in [-0.3, -0.25) is 5.10 Å². The fourth-order valence-corrected chi connectivity index (χ4v) is 2.32. The minimum absolute atomic E-state index is 0.149. The van der Waals surface area contributed by atoms with Gasteiger partial charge in [-0.05, 0) is 20.8 Å². The Morgan fingerprint density at radius 3 is 2.47 bits per heavy atom. The number of H-pyrrole nitrogens is 1. The van der Waals surface area contributed by atoms with Crippen molar-refractivity contribution in [1.82, 2.24) is 24.6 Å². The first-order valence-electron chi connectivity index (χ1n) is 4.55. The molecule has 1 aromatic heterocycles. The lowest BCUT2D eigenvalue weighted by Crippen LogP contribution is -2.41. The molecule has 1 aromatic rings.